The number of nitrogens with zero attached hydrogens (tertiary/aromatic N) is 1. The van der Waals surface area contributed by atoms with E-state index in [1.165, 1.54) is 12.7 Å². The molecular formula is C26H25NO4. The van der Waals surface area contributed by atoms with Crippen LogP contribution < -0.4 is 9.64 Å². The smallest absolute Gasteiger partial charge is 0.338 e. The fraction of sp³-hybridized carbons (Fsp3) is 0.231. The Morgan fingerprint density at radius 3 is 2.52 bits per heavy atom. The first kappa shape index (κ1) is 20.7. The summed E-state index contributed by atoms with van der Waals surface area (Å²) >= 11 is 0. The van der Waals surface area contributed by atoms with E-state index >= 15 is 0 Å². The molecule has 0 saturated heterocycles. The molecule has 3 aromatic carbocycles. The molecule has 1 aliphatic heterocycles. The van der Waals surface area contributed by atoms with Gasteiger partial charge in [0.1, 0.15) is 5.75 Å². The molecule has 0 unspecified atom stereocenters. The monoisotopic (exact) mass is 415 g/mol. The Labute approximate surface area is 182 Å². The number of hydrogen-bond acceptors (Lipinski definition) is 4. The second-order valence-corrected chi connectivity index (χ2v) is 7.50. The van der Waals surface area contributed by atoms with Gasteiger partial charge < -0.3 is 14.4 Å². The summed E-state index contributed by atoms with van der Waals surface area (Å²) in [5.74, 6) is 0.204. The third-order valence-corrected chi connectivity index (χ3v) is 5.52. The molecule has 0 saturated carbocycles. The lowest BCUT2D eigenvalue weighted by Gasteiger charge is -2.30. The average Bonchev–Trinajstić information content (AvgIpc) is 2.82. The Balaban J connectivity index is 1.49. The van der Waals surface area contributed by atoms with Gasteiger partial charge in [0, 0.05) is 18.7 Å². The number of esters is 1. The maximum atomic E-state index is 13.0. The number of benzene rings is 3. The first-order valence-corrected chi connectivity index (χ1v) is 10.4. The molecule has 0 aromatic heterocycles. The first-order chi connectivity index (χ1) is 15.2. The van der Waals surface area contributed by atoms with Crippen molar-refractivity contribution in [2.24, 2.45) is 0 Å². The molecule has 158 valence electrons. The zero-order chi connectivity index (χ0) is 21.6. The molecular weight excluding hydrogens is 390 g/mol. The van der Waals surface area contributed by atoms with Crippen molar-refractivity contribution >= 4 is 17.6 Å². The number of carbonyl (C=O) groups excluding carboxylic acids is 2. The van der Waals surface area contributed by atoms with E-state index in [0.717, 1.165) is 36.1 Å². The number of para-hydroxylation sites is 1. The van der Waals surface area contributed by atoms with Crippen LogP contribution in [0.2, 0.25) is 0 Å². The molecule has 0 bridgehead atoms. The van der Waals surface area contributed by atoms with E-state index in [1.807, 2.05) is 48.5 Å². The van der Waals surface area contributed by atoms with Crippen LogP contribution in [0.4, 0.5) is 5.69 Å². The van der Waals surface area contributed by atoms with Gasteiger partial charge in [-0.15, -0.1) is 0 Å². The minimum atomic E-state index is -0.378. The zero-order valence-corrected chi connectivity index (χ0v) is 17.5. The van der Waals surface area contributed by atoms with E-state index in [1.54, 1.807) is 17.0 Å². The van der Waals surface area contributed by atoms with Crippen LogP contribution in [0.5, 0.6) is 5.75 Å². The highest BCUT2D eigenvalue weighted by molar-refractivity contribution is 5.99. The largest absolute Gasteiger partial charge is 0.483 e. The molecule has 1 amide bonds. The molecule has 1 aliphatic rings. The van der Waals surface area contributed by atoms with Crippen LogP contribution in [-0.2, 0) is 22.4 Å². The summed E-state index contributed by atoms with van der Waals surface area (Å²) in [6, 6.07) is 23.4. The molecule has 0 radical (unpaired) electrons. The topological polar surface area (TPSA) is 55.8 Å². The van der Waals surface area contributed by atoms with Crippen molar-refractivity contribution in [1.82, 2.24) is 0 Å². The minimum absolute atomic E-state index is 0.0618. The average molecular weight is 415 g/mol. The van der Waals surface area contributed by atoms with Crippen molar-refractivity contribution in [3.63, 3.8) is 0 Å². The van der Waals surface area contributed by atoms with Crippen LogP contribution in [0.3, 0.4) is 0 Å². The van der Waals surface area contributed by atoms with Crippen molar-refractivity contribution < 1.29 is 19.1 Å². The quantitative estimate of drug-likeness (QED) is 0.559. The number of hydrogen-bond donors (Lipinski definition) is 0. The first-order valence-electron chi connectivity index (χ1n) is 10.4. The van der Waals surface area contributed by atoms with Gasteiger partial charge in [-0.2, -0.15) is 0 Å². The van der Waals surface area contributed by atoms with E-state index in [4.69, 9.17) is 9.47 Å². The summed E-state index contributed by atoms with van der Waals surface area (Å²) in [6.45, 7) is 0.541. The van der Waals surface area contributed by atoms with Crippen molar-refractivity contribution in [3.05, 3.63) is 95.1 Å². The SMILES string of the molecule is COC(=O)c1cccc2c1CCCN2C(=O)COc1ccccc1Cc1ccccc1. The number of anilines is 1. The molecule has 3 aromatic rings. The molecule has 1 heterocycles. The van der Waals surface area contributed by atoms with Gasteiger partial charge in [-0.1, -0.05) is 54.6 Å². The highest BCUT2D eigenvalue weighted by atomic mass is 16.5. The Hall–Kier alpha value is -3.60. The van der Waals surface area contributed by atoms with Crippen LogP contribution in [0, 0.1) is 0 Å². The van der Waals surface area contributed by atoms with Gasteiger partial charge >= 0.3 is 5.97 Å². The van der Waals surface area contributed by atoms with Gasteiger partial charge in [-0.3, -0.25) is 4.79 Å². The lowest BCUT2D eigenvalue weighted by Crippen LogP contribution is -2.39. The number of ether oxygens (including phenoxy) is 2. The Bertz CT molecular complexity index is 1080. The van der Waals surface area contributed by atoms with E-state index in [-0.39, 0.29) is 18.5 Å². The van der Waals surface area contributed by atoms with Crippen molar-refractivity contribution in [2.75, 3.05) is 25.2 Å². The van der Waals surface area contributed by atoms with Gasteiger partial charge in [-0.25, -0.2) is 4.79 Å². The van der Waals surface area contributed by atoms with Crippen LogP contribution in [0.25, 0.3) is 0 Å². The molecule has 0 aliphatic carbocycles. The fourth-order valence-electron chi connectivity index (χ4n) is 4.01. The van der Waals surface area contributed by atoms with E-state index in [0.29, 0.717) is 17.9 Å². The van der Waals surface area contributed by atoms with E-state index < -0.39 is 0 Å². The summed E-state index contributed by atoms with van der Waals surface area (Å²) in [4.78, 5) is 26.9. The summed E-state index contributed by atoms with van der Waals surface area (Å²) in [7, 11) is 1.37. The molecule has 0 atom stereocenters. The molecule has 5 heteroatoms. The lowest BCUT2D eigenvalue weighted by atomic mass is 9.96. The Kier molecular flexibility index (Phi) is 6.32. The molecule has 31 heavy (non-hydrogen) atoms. The standard InChI is InChI=1S/C26H25NO4/c1-30-26(29)22-12-7-14-23-21(22)13-8-16-27(23)25(28)18-31-24-15-6-5-11-20(24)17-19-9-3-2-4-10-19/h2-7,9-12,14-15H,8,13,16-18H2,1H3. The lowest BCUT2D eigenvalue weighted by molar-refractivity contribution is -0.120. The Morgan fingerprint density at radius 1 is 0.935 bits per heavy atom. The van der Waals surface area contributed by atoms with Gasteiger partial charge in [0.25, 0.3) is 5.91 Å². The van der Waals surface area contributed by atoms with Crippen molar-refractivity contribution in [1.29, 1.82) is 0 Å². The maximum absolute atomic E-state index is 13.0. The highest BCUT2D eigenvalue weighted by Crippen LogP contribution is 2.31. The minimum Gasteiger partial charge on any atom is -0.483 e. The number of amides is 1. The van der Waals surface area contributed by atoms with E-state index in [2.05, 4.69) is 12.1 Å². The summed E-state index contributed by atoms with van der Waals surface area (Å²) in [6.07, 6.45) is 2.27. The van der Waals surface area contributed by atoms with Crippen LogP contribution in [0.1, 0.15) is 33.5 Å². The molecule has 0 N–H and O–H groups in total. The van der Waals surface area contributed by atoms with Crippen molar-refractivity contribution in [2.45, 2.75) is 19.3 Å². The molecule has 5 nitrogen and oxygen atoms in total. The van der Waals surface area contributed by atoms with Crippen LogP contribution in [-0.4, -0.2) is 32.1 Å². The molecule has 0 fully saturated rings. The third-order valence-electron chi connectivity index (χ3n) is 5.52. The second-order valence-electron chi connectivity index (χ2n) is 7.50. The molecule has 0 spiro atoms. The van der Waals surface area contributed by atoms with E-state index in [9.17, 15) is 9.59 Å². The summed E-state index contributed by atoms with van der Waals surface area (Å²) in [5.41, 5.74) is 4.36. The van der Waals surface area contributed by atoms with Gasteiger partial charge in [0.05, 0.1) is 12.7 Å². The third kappa shape index (κ3) is 4.61. The zero-order valence-electron chi connectivity index (χ0n) is 17.5. The second kappa shape index (κ2) is 9.47. The predicted octanol–water partition coefficient (Wildman–Crippen LogP) is 4.42. The fourth-order valence-corrected chi connectivity index (χ4v) is 4.01. The summed E-state index contributed by atoms with van der Waals surface area (Å²) < 4.78 is 10.9. The van der Waals surface area contributed by atoms with Crippen LogP contribution >= 0.6 is 0 Å². The summed E-state index contributed by atoms with van der Waals surface area (Å²) in [5, 5.41) is 0. The molecule has 4 rings (SSSR count). The van der Waals surface area contributed by atoms with Crippen molar-refractivity contribution in [3.8, 4) is 5.75 Å². The van der Waals surface area contributed by atoms with Gasteiger partial charge in [0.15, 0.2) is 6.61 Å². The number of carbonyl (C=O) groups is 2. The predicted molar refractivity (Wildman–Crippen MR) is 120 cm³/mol. The normalized spacial score (nSPS) is 12.7. The highest BCUT2D eigenvalue weighted by Gasteiger charge is 2.26. The number of fused-ring (bicyclic) bond motifs is 1. The van der Waals surface area contributed by atoms with Crippen LogP contribution in [0.15, 0.2) is 72.8 Å². The number of rotatable bonds is 6. The van der Waals surface area contributed by atoms with Gasteiger partial charge in [-0.05, 0) is 47.7 Å². The number of methoxy groups -OCH3 is 1. The van der Waals surface area contributed by atoms with Gasteiger partial charge in [0.2, 0.25) is 0 Å². The maximum Gasteiger partial charge on any atom is 0.338 e. The Morgan fingerprint density at radius 2 is 1.71 bits per heavy atom.